The van der Waals surface area contributed by atoms with Crippen LogP contribution in [0.15, 0.2) is 47.3 Å². The fraction of sp³-hybridized carbons (Fsp3) is 0.188. The monoisotopic (exact) mass is 420 g/mol. The molecule has 0 amide bonds. The van der Waals surface area contributed by atoms with Gasteiger partial charge in [-0.2, -0.15) is 10.2 Å². The third kappa shape index (κ3) is 4.58. The Kier molecular flexibility index (Phi) is 5.34. The van der Waals surface area contributed by atoms with Crippen molar-refractivity contribution in [1.82, 2.24) is 19.6 Å². The van der Waals surface area contributed by atoms with Gasteiger partial charge in [0.15, 0.2) is 11.8 Å². The lowest BCUT2D eigenvalue weighted by atomic mass is 10.3. The number of aryl methyl sites for hydroxylation is 1. The van der Waals surface area contributed by atoms with Crippen LogP contribution < -0.4 is 15.4 Å². The maximum Gasteiger partial charge on any atom is 0.180 e. The van der Waals surface area contributed by atoms with E-state index in [9.17, 15) is 0 Å². The van der Waals surface area contributed by atoms with E-state index in [4.69, 9.17) is 17.0 Å². The molecule has 2 aromatic heterocycles. The van der Waals surface area contributed by atoms with Crippen molar-refractivity contribution in [3.8, 4) is 5.75 Å². The van der Waals surface area contributed by atoms with E-state index in [1.54, 1.807) is 21.8 Å². The predicted molar refractivity (Wildman–Crippen MR) is 105 cm³/mol. The highest BCUT2D eigenvalue weighted by Gasteiger charge is 2.07. The molecule has 3 rings (SSSR count). The number of aromatic nitrogens is 4. The lowest BCUT2D eigenvalue weighted by Crippen LogP contribution is -2.19. The highest BCUT2D eigenvalue weighted by molar-refractivity contribution is 9.10. The number of benzene rings is 1. The molecule has 0 unspecified atom stereocenters. The maximum atomic E-state index is 5.67. The Morgan fingerprint density at radius 3 is 2.64 bits per heavy atom. The van der Waals surface area contributed by atoms with E-state index >= 15 is 0 Å². The van der Waals surface area contributed by atoms with E-state index < -0.39 is 0 Å². The average Bonchev–Trinajstić information content (AvgIpc) is 3.16. The molecule has 0 spiro atoms. The van der Waals surface area contributed by atoms with E-state index in [0.29, 0.717) is 11.8 Å². The van der Waals surface area contributed by atoms with Gasteiger partial charge in [-0.1, -0.05) is 15.9 Å². The number of halogens is 1. The van der Waals surface area contributed by atoms with Gasteiger partial charge in [-0.05, 0) is 43.4 Å². The highest BCUT2D eigenvalue weighted by Crippen LogP contribution is 2.17. The lowest BCUT2D eigenvalue weighted by molar-refractivity contribution is 0.221. The molecule has 0 saturated heterocycles. The van der Waals surface area contributed by atoms with E-state index in [1.807, 2.05) is 44.4 Å². The molecule has 25 heavy (non-hydrogen) atoms. The molecule has 1 aromatic carbocycles. The molecular formula is C16H17BrN6OS. The molecule has 0 saturated carbocycles. The standard InChI is InChI=1S/C16H17BrN6OS/c1-11-15(8-18-22(11)2)21-16(25)20-13-7-19-23(9-13)10-24-14-5-3-12(17)4-6-14/h3-9H,10H2,1-2H3,(H2,20,21,25). The number of thiocarbonyl (C=S) groups is 1. The normalized spacial score (nSPS) is 10.5. The van der Waals surface area contributed by atoms with Crippen molar-refractivity contribution in [3.63, 3.8) is 0 Å². The van der Waals surface area contributed by atoms with Crippen molar-refractivity contribution in [2.24, 2.45) is 7.05 Å². The maximum absolute atomic E-state index is 5.67. The first-order valence-corrected chi connectivity index (χ1v) is 8.69. The second-order valence-corrected chi connectivity index (χ2v) is 6.67. The van der Waals surface area contributed by atoms with Gasteiger partial charge in [0.25, 0.3) is 0 Å². The summed E-state index contributed by atoms with van der Waals surface area (Å²) >= 11 is 8.71. The number of hydrogen-bond donors (Lipinski definition) is 2. The van der Waals surface area contributed by atoms with Gasteiger partial charge in [0.1, 0.15) is 5.75 Å². The Morgan fingerprint density at radius 2 is 1.96 bits per heavy atom. The van der Waals surface area contributed by atoms with Crippen LogP contribution in [0.25, 0.3) is 0 Å². The number of rotatable bonds is 5. The molecule has 130 valence electrons. The smallest absolute Gasteiger partial charge is 0.180 e. The van der Waals surface area contributed by atoms with E-state index in [-0.39, 0.29) is 0 Å². The van der Waals surface area contributed by atoms with Crippen molar-refractivity contribution < 1.29 is 4.74 Å². The van der Waals surface area contributed by atoms with Crippen LogP contribution in [0.3, 0.4) is 0 Å². The quantitative estimate of drug-likeness (QED) is 0.615. The summed E-state index contributed by atoms with van der Waals surface area (Å²) in [5, 5.41) is 15.1. The van der Waals surface area contributed by atoms with E-state index in [0.717, 1.165) is 27.3 Å². The molecule has 0 fully saturated rings. The average molecular weight is 421 g/mol. The number of nitrogens with one attached hydrogen (secondary N) is 2. The molecule has 0 atom stereocenters. The molecule has 7 nitrogen and oxygen atoms in total. The number of anilines is 2. The van der Waals surface area contributed by atoms with Gasteiger partial charge in [0, 0.05) is 11.5 Å². The van der Waals surface area contributed by atoms with Crippen LogP contribution in [-0.2, 0) is 13.8 Å². The van der Waals surface area contributed by atoms with E-state index in [1.165, 1.54) is 0 Å². The van der Waals surface area contributed by atoms with Crippen LogP contribution in [0, 0.1) is 6.92 Å². The topological polar surface area (TPSA) is 68.9 Å². The third-order valence-corrected chi connectivity index (χ3v) is 4.28. The summed E-state index contributed by atoms with van der Waals surface area (Å²) in [6.45, 7) is 2.28. The first kappa shape index (κ1) is 17.4. The van der Waals surface area contributed by atoms with Crippen molar-refractivity contribution >= 4 is 44.6 Å². The van der Waals surface area contributed by atoms with Crippen molar-refractivity contribution in [3.05, 3.63) is 53.0 Å². The SMILES string of the molecule is Cc1c(NC(=S)Nc2cnn(COc3ccc(Br)cc3)c2)cnn1C. The van der Waals surface area contributed by atoms with Crippen LogP contribution in [0.1, 0.15) is 5.69 Å². The molecule has 9 heteroatoms. The molecule has 0 aliphatic rings. The van der Waals surface area contributed by atoms with Crippen molar-refractivity contribution in [2.45, 2.75) is 13.7 Å². The Bertz CT molecular complexity index is 873. The van der Waals surface area contributed by atoms with Crippen molar-refractivity contribution in [2.75, 3.05) is 10.6 Å². The van der Waals surface area contributed by atoms with Gasteiger partial charge >= 0.3 is 0 Å². The number of hydrogen-bond acceptors (Lipinski definition) is 4. The summed E-state index contributed by atoms with van der Waals surface area (Å²) in [6, 6.07) is 7.63. The van der Waals surface area contributed by atoms with Crippen LogP contribution in [0.2, 0.25) is 0 Å². The summed E-state index contributed by atoms with van der Waals surface area (Å²) < 4.78 is 10.1. The second-order valence-electron chi connectivity index (χ2n) is 5.34. The third-order valence-electron chi connectivity index (χ3n) is 3.55. The summed E-state index contributed by atoms with van der Waals surface area (Å²) in [4.78, 5) is 0. The lowest BCUT2D eigenvalue weighted by Gasteiger charge is -2.08. The number of ether oxygens (including phenoxy) is 1. The fourth-order valence-corrected chi connectivity index (χ4v) is 2.57. The zero-order valence-electron chi connectivity index (χ0n) is 13.7. The van der Waals surface area contributed by atoms with E-state index in [2.05, 4.69) is 36.8 Å². The Hall–Kier alpha value is -2.39. The molecule has 0 bridgehead atoms. The van der Waals surface area contributed by atoms with Crippen LogP contribution in [0.5, 0.6) is 5.75 Å². The molecular weight excluding hydrogens is 404 g/mol. The summed E-state index contributed by atoms with van der Waals surface area (Å²) in [5.41, 5.74) is 2.65. The first-order valence-electron chi connectivity index (χ1n) is 7.48. The predicted octanol–water partition coefficient (Wildman–Crippen LogP) is 3.53. The second kappa shape index (κ2) is 7.66. The van der Waals surface area contributed by atoms with Gasteiger partial charge in [-0.25, -0.2) is 4.68 Å². The van der Waals surface area contributed by atoms with Gasteiger partial charge in [0.05, 0.1) is 35.7 Å². The molecule has 0 aliphatic carbocycles. The van der Waals surface area contributed by atoms with Gasteiger partial charge in [-0.15, -0.1) is 0 Å². The summed E-state index contributed by atoms with van der Waals surface area (Å²) in [7, 11) is 1.88. The molecule has 2 heterocycles. The van der Waals surface area contributed by atoms with Gasteiger partial charge in [-0.3, -0.25) is 4.68 Å². The Labute approximate surface area is 159 Å². The largest absolute Gasteiger partial charge is 0.471 e. The molecule has 0 aliphatic heterocycles. The Morgan fingerprint density at radius 1 is 1.20 bits per heavy atom. The zero-order valence-corrected chi connectivity index (χ0v) is 16.1. The molecule has 3 aromatic rings. The summed E-state index contributed by atoms with van der Waals surface area (Å²) in [5.74, 6) is 0.775. The Balaban J connectivity index is 1.53. The molecule has 2 N–H and O–H groups in total. The van der Waals surface area contributed by atoms with Crippen LogP contribution in [-0.4, -0.2) is 24.7 Å². The minimum atomic E-state index is 0.311. The first-order chi connectivity index (χ1) is 12.0. The minimum absolute atomic E-state index is 0.311. The van der Waals surface area contributed by atoms with Gasteiger partial charge < -0.3 is 15.4 Å². The molecule has 0 radical (unpaired) electrons. The van der Waals surface area contributed by atoms with Crippen LogP contribution >= 0.6 is 28.1 Å². The number of nitrogens with zero attached hydrogens (tertiary/aromatic N) is 4. The van der Waals surface area contributed by atoms with Gasteiger partial charge in [0.2, 0.25) is 0 Å². The van der Waals surface area contributed by atoms with Crippen LogP contribution in [0.4, 0.5) is 11.4 Å². The minimum Gasteiger partial charge on any atom is -0.471 e. The zero-order chi connectivity index (χ0) is 17.8. The van der Waals surface area contributed by atoms with Crippen molar-refractivity contribution in [1.29, 1.82) is 0 Å². The summed E-state index contributed by atoms with van der Waals surface area (Å²) in [6.07, 6.45) is 5.25. The highest BCUT2D eigenvalue weighted by atomic mass is 79.9. The fourth-order valence-electron chi connectivity index (χ4n) is 2.08.